The summed E-state index contributed by atoms with van der Waals surface area (Å²) in [6, 6.07) is 12.7. The average molecular weight is 383 g/mol. The number of hydrogen-bond acceptors (Lipinski definition) is 4. The monoisotopic (exact) mass is 383 g/mol. The van der Waals surface area contributed by atoms with Crippen molar-refractivity contribution in [2.24, 2.45) is 0 Å². The fourth-order valence-electron chi connectivity index (χ4n) is 4.07. The molecule has 4 rings (SSSR count). The number of fused-ring (bicyclic) bond motifs is 1. The van der Waals surface area contributed by atoms with Crippen molar-refractivity contribution in [1.29, 1.82) is 0 Å². The van der Waals surface area contributed by atoms with E-state index in [2.05, 4.69) is 40.4 Å². The largest absolute Gasteiger partial charge is 0.379 e. The van der Waals surface area contributed by atoms with Crippen LogP contribution in [0.1, 0.15) is 27.5 Å². The maximum Gasteiger partial charge on any atom is 0.254 e. The quantitative estimate of drug-likeness (QED) is 0.862. The number of rotatable bonds is 5. The Kier molecular flexibility index (Phi) is 5.59. The van der Waals surface area contributed by atoms with Crippen LogP contribution in [-0.4, -0.2) is 57.2 Å². The lowest BCUT2D eigenvalue weighted by Crippen LogP contribution is -2.44. The summed E-state index contributed by atoms with van der Waals surface area (Å²) in [5, 5.41) is 2.94. The molecule has 28 heavy (non-hydrogen) atoms. The summed E-state index contributed by atoms with van der Waals surface area (Å²) < 4.78 is 19.4. The first-order valence-corrected chi connectivity index (χ1v) is 9.82. The van der Waals surface area contributed by atoms with Gasteiger partial charge in [-0.15, -0.1) is 0 Å². The minimum atomic E-state index is -0.497. The molecule has 2 heterocycles. The number of hydrogen-bond donors (Lipinski definition) is 1. The van der Waals surface area contributed by atoms with Gasteiger partial charge < -0.3 is 15.0 Å². The van der Waals surface area contributed by atoms with Crippen molar-refractivity contribution in [2.45, 2.75) is 12.5 Å². The molecule has 2 aliphatic heterocycles. The second-order valence-corrected chi connectivity index (χ2v) is 7.41. The molecular weight excluding hydrogens is 357 g/mol. The standard InChI is InChI=1S/C22H26FN3O2/c1-25-9-8-17-14-16(6-7-20(17)25)21(26-10-12-28-13-11-26)15-24-22(27)18-4-2-3-5-19(18)23/h2-7,14,21H,8-13,15H2,1H3,(H,24,27). The van der Waals surface area contributed by atoms with Crippen molar-refractivity contribution in [3.63, 3.8) is 0 Å². The average Bonchev–Trinajstić information content (AvgIpc) is 3.09. The summed E-state index contributed by atoms with van der Waals surface area (Å²) >= 11 is 0. The molecule has 0 aromatic heterocycles. The zero-order valence-corrected chi connectivity index (χ0v) is 16.2. The molecule has 0 spiro atoms. The molecule has 0 saturated carbocycles. The number of morpholine rings is 1. The van der Waals surface area contributed by atoms with Gasteiger partial charge in [-0.2, -0.15) is 0 Å². The van der Waals surface area contributed by atoms with Crippen LogP contribution >= 0.6 is 0 Å². The van der Waals surface area contributed by atoms with Gasteiger partial charge in [0.2, 0.25) is 0 Å². The number of nitrogens with zero attached hydrogens (tertiary/aromatic N) is 2. The van der Waals surface area contributed by atoms with Gasteiger partial charge in [-0.05, 0) is 35.7 Å². The van der Waals surface area contributed by atoms with Crippen LogP contribution in [0.4, 0.5) is 10.1 Å². The van der Waals surface area contributed by atoms with Gasteiger partial charge in [-0.25, -0.2) is 4.39 Å². The van der Waals surface area contributed by atoms with Gasteiger partial charge in [-0.3, -0.25) is 9.69 Å². The van der Waals surface area contributed by atoms with E-state index in [1.54, 1.807) is 12.1 Å². The van der Waals surface area contributed by atoms with Gasteiger partial charge >= 0.3 is 0 Å². The topological polar surface area (TPSA) is 44.8 Å². The van der Waals surface area contributed by atoms with E-state index in [1.165, 1.54) is 28.9 Å². The predicted molar refractivity (Wildman–Crippen MR) is 107 cm³/mol. The van der Waals surface area contributed by atoms with Crippen molar-refractivity contribution in [2.75, 3.05) is 51.3 Å². The van der Waals surface area contributed by atoms with Gasteiger partial charge in [0.15, 0.2) is 0 Å². The lowest BCUT2D eigenvalue weighted by molar-refractivity contribution is 0.0162. The Bertz CT molecular complexity index is 851. The summed E-state index contributed by atoms with van der Waals surface area (Å²) in [5.74, 6) is -0.874. The van der Waals surface area contributed by atoms with Crippen molar-refractivity contribution < 1.29 is 13.9 Å². The van der Waals surface area contributed by atoms with Gasteiger partial charge in [-0.1, -0.05) is 24.3 Å². The van der Waals surface area contributed by atoms with E-state index in [1.807, 2.05) is 0 Å². The maximum absolute atomic E-state index is 13.9. The van der Waals surface area contributed by atoms with E-state index < -0.39 is 5.82 Å². The van der Waals surface area contributed by atoms with Crippen LogP contribution in [0.3, 0.4) is 0 Å². The predicted octanol–water partition coefficient (Wildman–Crippen LogP) is 2.62. The van der Waals surface area contributed by atoms with Gasteiger partial charge in [0.05, 0.1) is 24.8 Å². The molecule has 2 aromatic carbocycles. The number of nitrogens with one attached hydrogen (secondary N) is 1. The molecule has 1 N–H and O–H groups in total. The molecular formula is C22H26FN3O2. The highest BCUT2D eigenvalue weighted by Gasteiger charge is 2.26. The van der Waals surface area contributed by atoms with E-state index in [0.717, 1.165) is 26.1 Å². The first-order chi connectivity index (χ1) is 13.6. The Hall–Kier alpha value is -2.44. The van der Waals surface area contributed by atoms with Crippen LogP contribution in [-0.2, 0) is 11.2 Å². The first-order valence-electron chi connectivity index (χ1n) is 9.82. The van der Waals surface area contributed by atoms with Crippen molar-refractivity contribution >= 4 is 11.6 Å². The fraction of sp³-hybridized carbons (Fsp3) is 0.409. The molecule has 1 fully saturated rings. The lowest BCUT2D eigenvalue weighted by atomic mass is 10.00. The number of carbonyl (C=O) groups excluding carboxylic acids is 1. The zero-order valence-electron chi connectivity index (χ0n) is 16.2. The number of amides is 1. The Morgan fingerprint density at radius 1 is 1.18 bits per heavy atom. The van der Waals surface area contributed by atoms with Gasteiger partial charge in [0, 0.05) is 38.9 Å². The Balaban J connectivity index is 1.54. The minimum absolute atomic E-state index is 0.0378. The summed E-state index contributed by atoms with van der Waals surface area (Å²) in [6.07, 6.45) is 1.04. The molecule has 1 atom stereocenters. The Morgan fingerprint density at radius 2 is 1.96 bits per heavy atom. The minimum Gasteiger partial charge on any atom is -0.379 e. The van der Waals surface area contributed by atoms with E-state index in [0.29, 0.717) is 19.8 Å². The molecule has 1 saturated heterocycles. The third-order valence-corrected chi connectivity index (χ3v) is 5.68. The molecule has 1 unspecified atom stereocenters. The lowest BCUT2D eigenvalue weighted by Gasteiger charge is -2.35. The number of carbonyl (C=O) groups is 1. The number of anilines is 1. The molecule has 0 bridgehead atoms. The van der Waals surface area contributed by atoms with Gasteiger partial charge in [0.25, 0.3) is 5.91 Å². The third kappa shape index (κ3) is 3.88. The van der Waals surface area contributed by atoms with E-state index in [-0.39, 0.29) is 17.5 Å². The van der Waals surface area contributed by atoms with Crippen LogP contribution in [0.5, 0.6) is 0 Å². The maximum atomic E-state index is 13.9. The molecule has 0 aliphatic carbocycles. The summed E-state index contributed by atoms with van der Waals surface area (Å²) in [7, 11) is 2.11. The molecule has 148 valence electrons. The summed E-state index contributed by atoms with van der Waals surface area (Å²) in [5.41, 5.74) is 3.89. The normalized spacial score (nSPS) is 18.0. The van der Waals surface area contributed by atoms with Crippen LogP contribution in [0.15, 0.2) is 42.5 Å². The highest BCUT2D eigenvalue weighted by atomic mass is 19.1. The van der Waals surface area contributed by atoms with E-state index in [4.69, 9.17) is 4.74 Å². The highest BCUT2D eigenvalue weighted by Crippen LogP contribution is 2.31. The SMILES string of the molecule is CN1CCc2cc(C(CNC(=O)c3ccccc3F)N3CCOCC3)ccc21. The number of halogens is 1. The second-order valence-electron chi connectivity index (χ2n) is 7.41. The first kappa shape index (κ1) is 18.9. The molecule has 6 heteroatoms. The molecule has 2 aliphatic rings. The Morgan fingerprint density at radius 3 is 2.75 bits per heavy atom. The fourth-order valence-corrected chi connectivity index (χ4v) is 4.07. The smallest absolute Gasteiger partial charge is 0.254 e. The third-order valence-electron chi connectivity index (χ3n) is 5.68. The number of likely N-dealkylation sites (N-methyl/N-ethyl adjacent to an activating group) is 1. The molecule has 5 nitrogen and oxygen atoms in total. The summed E-state index contributed by atoms with van der Waals surface area (Å²) in [6.45, 7) is 4.47. The molecule has 2 aromatic rings. The Labute approximate surface area is 165 Å². The zero-order chi connectivity index (χ0) is 19.5. The molecule has 1 amide bonds. The number of ether oxygens (including phenoxy) is 1. The van der Waals surface area contributed by atoms with Crippen LogP contribution in [0, 0.1) is 5.82 Å². The van der Waals surface area contributed by atoms with Crippen LogP contribution in [0.25, 0.3) is 0 Å². The van der Waals surface area contributed by atoms with Crippen molar-refractivity contribution in [3.8, 4) is 0 Å². The van der Waals surface area contributed by atoms with E-state index >= 15 is 0 Å². The highest BCUT2D eigenvalue weighted by molar-refractivity contribution is 5.94. The van der Waals surface area contributed by atoms with Gasteiger partial charge in [0.1, 0.15) is 5.82 Å². The number of benzene rings is 2. The summed E-state index contributed by atoms with van der Waals surface area (Å²) in [4.78, 5) is 17.1. The van der Waals surface area contributed by atoms with Crippen LogP contribution in [0.2, 0.25) is 0 Å². The second kappa shape index (κ2) is 8.29. The van der Waals surface area contributed by atoms with Crippen LogP contribution < -0.4 is 10.2 Å². The molecule has 0 radical (unpaired) electrons. The van der Waals surface area contributed by atoms with E-state index in [9.17, 15) is 9.18 Å². The van der Waals surface area contributed by atoms with Crippen molar-refractivity contribution in [1.82, 2.24) is 10.2 Å². The van der Waals surface area contributed by atoms with Crippen molar-refractivity contribution in [3.05, 3.63) is 65.0 Å².